The fourth-order valence-electron chi connectivity index (χ4n) is 3.29. The van der Waals surface area contributed by atoms with Gasteiger partial charge in [-0.3, -0.25) is 9.59 Å². The molecule has 2 N–H and O–H groups in total. The van der Waals surface area contributed by atoms with E-state index in [1.54, 1.807) is 32.0 Å². The van der Waals surface area contributed by atoms with Crippen molar-refractivity contribution in [1.29, 1.82) is 0 Å². The third kappa shape index (κ3) is 4.33. The predicted octanol–water partition coefficient (Wildman–Crippen LogP) is 4.61. The van der Waals surface area contributed by atoms with Crippen LogP contribution >= 0.6 is 0 Å². The molecule has 0 aliphatic heterocycles. The van der Waals surface area contributed by atoms with Gasteiger partial charge in [0.05, 0.1) is 12.2 Å². The van der Waals surface area contributed by atoms with Crippen LogP contribution in [0.15, 0.2) is 48.5 Å². The highest BCUT2D eigenvalue weighted by atomic mass is 16.5. The lowest BCUT2D eigenvalue weighted by Gasteiger charge is -2.09. The van der Waals surface area contributed by atoms with E-state index in [0.717, 1.165) is 11.1 Å². The van der Waals surface area contributed by atoms with Crippen LogP contribution in [0, 0.1) is 20.8 Å². The van der Waals surface area contributed by atoms with Crippen molar-refractivity contribution in [2.24, 2.45) is 0 Å². The average Bonchev–Trinajstić information content (AvgIpc) is 3.05. The molecule has 0 atom stereocenters. The van der Waals surface area contributed by atoms with Gasteiger partial charge < -0.3 is 15.0 Å². The molecule has 0 saturated carbocycles. The molecule has 0 aliphatic rings. The number of rotatable bonds is 6. The van der Waals surface area contributed by atoms with Crippen molar-refractivity contribution in [2.45, 2.75) is 27.7 Å². The number of hydrogen-bond acceptors (Lipinski definition) is 4. The molecule has 3 aromatic rings. The van der Waals surface area contributed by atoms with E-state index in [9.17, 15) is 14.4 Å². The first kappa shape index (κ1) is 21.0. The largest absolute Gasteiger partial charge is 0.462 e. The fourth-order valence-corrected chi connectivity index (χ4v) is 3.29. The molecule has 2 aromatic carbocycles. The average molecular weight is 404 g/mol. The molecule has 30 heavy (non-hydrogen) atoms. The van der Waals surface area contributed by atoms with Crippen molar-refractivity contribution < 1.29 is 19.1 Å². The van der Waals surface area contributed by atoms with E-state index in [0.29, 0.717) is 22.5 Å². The summed E-state index contributed by atoms with van der Waals surface area (Å²) in [7, 11) is 0. The van der Waals surface area contributed by atoms with Gasteiger partial charge in [-0.1, -0.05) is 42.0 Å². The number of hydrogen-bond donors (Lipinski definition) is 2. The third-order valence-corrected chi connectivity index (χ3v) is 4.72. The first-order valence-corrected chi connectivity index (χ1v) is 9.71. The molecule has 0 bridgehead atoms. The Morgan fingerprint density at radius 2 is 1.67 bits per heavy atom. The molecular formula is C24H24N2O4. The highest BCUT2D eigenvalue weighted by molar-refractivity contribution is 6.47. The number of aromatic nitrogens is 1. The van der Waals surface area contributed by atoms with E-state index in [1.165, 1.54) is 0 Å². The maximum Gasteiger partial charge on any atom is 0.340 e. The number of anilines is 1. The summed E-state index contributed by atoms with van der Waals surface area (Å²) in [6.45, 7) is 7.44. The van der Waals surface area contributed by atoms with E-state index in [1.807, 2.05) is 44.2 Å². The van der Waals surface area contributed by atoms with Gasteiger partial charge in [-0.15, -0.1) is 0 Å². The van der Waals surface area contributed by atoms with Crippen LogP contribution in [-0.2, 0) is 9.53 Å². The summed E-state index contributed by atoms with van der Waals surface area (Å²) in [6.07, 6.45) is 0. The van der Waals surface area contributed by atoms with Gasteiger partial charge in [-0.05, 0) is 51.0 Å². The second kappa shape index (κ2) is 8.78. The number of amides is 1. The molecule has 3 rings (SSSR count). The number of Topliss-reactive ketones (excluding diaryl/α,β-unsaturated/α-hetero) is 1. The van der Waals surface area contributed by atoms with Crippen LogP contribution in [-0.4, -0.2) is 29.3 Å². The minimum atomic E-state index is -0.786. The fraction of sp³-hybridized carbons (Fsp3) is 0.208. The van der Waals surface area contributed by atoms with E-state index >= 15 is 0 Å². The predicted molar refractivity (Wildman–Crippen MR) is 116 cm³/mol. The van der Waals surface area contributed by atoms with E-state index in [-0.39, 0.29) is 17.9 Å². The van der Waals surface area contributed by atoms with Crippen LogP contribution in [0.4, 0.5) is 5.69 Å². The number of esters is 1. The van der Waals surface area contributed by atoms with Crippen LogP contribution in [0.5, 0.6) is 0 Å². The summed E-state index contributed by atoms with van der Waals surface area (Å²) in [5.74, 6) is -2.09. The van der Waals surface area contributed by atoms with Crippen molar-refractivity contribution >= 4 is 23.3 Å². The molecule has 0 aliphatic carbocycles. The van der Waals surface area contributed by atoms with Gasteiger partial charge in [0.1, 0.15) is 5.69 Å². The molecule has 154 valence electrons. The van der Waals surface area contributed by atoms with Crippen molar-refractivity contribution in [3.63, 3.8) is 0 Å². The minimum absolute atomic E-state index is 0.0598. The Bertz CT molecular complexity index is 1110. The number of aryl methyl sites for hydroxylation is 3. The van der Waals surface area contributed by atoms with E-state index in [4.69, 9.17) is 4.74 Å². The Kier molecular flexibility index (Phi) is 6.16. The lowest BCUT2D eigenvalue weighted by molar-refractivity contribution is -0.112. The monoisotopic (exact) mass is 404 g/mol. The lowest BCUT2D eigenvalue weighted by atomic mass is 9.97. The Labute approximate surface area is 175 Å². The number of aromatic amines is 1. The van der Waals surface area contributed by atoms with Crippen molar-refractivity contribution in [3.8, 4) is 11.1 Å². The molecule has 6 heteroatoms. The first-order chi connectivity index (χ1) is 14.3. The van der Waals surface area contributed by atoms with E-state index in [2.05, 4.69) is 10.3 Å². The Balaban J connectivity index is 2.06. The van der Waals surface area contributed by atoms with Crippen molar-refractivity contribution in [3.05, 3.63) is 76.6 Å². The summed E-state index contributed by atoms with van der Waals surface area (Å²) in [6, 6.07) is 14.6. The summed E-state index contributed by atoms with van der Waals surface area (Å²) >= 11 is 0. The minimum Gasteiger partial charge on any atom is -0.462 e. The van der Waals surface area contributed by atoms with Gasteiger partial charge in [0, 0.05) is 16.9 Å². The zero-order valence-electron chi connectivity index (χ0n) is 17.5. The van der Waals surface area contributed by atoms with Gasteiger partial charge >= 0.3 is 5.97 Å². The number of ketones is 1. The molecular weight excluding hydrogens is 380 g/mol. The highest BCUT2D eigenvalue weighted by Crippen LogP contribution is 2.32. The summed E-state index contributed by atoms with van der Waals surface area (Å²) in [5, 5.41) is 2.63. The van der Waals surface area contributed by atoms with Gasteiger partial charge in [-0.25, -0.2) is 4.79 Å². The third-order valence-electron chi connectivity index (χ3n) is 4.72. The maximum atomic E-state index is 13.0. The van der Waals surface area contributed by atoms with E-state index < -0.39 is 17.7 Å². The maximum absolute atomic E-state index is 13.0. The molecule has 0 saturated heterocycles. The van der Waals surface area contributed by atoms with Crippen molar-refractivity contribution in [2.75, 3.05) is 11.9 Å². The lowest BCUT2D eigenvalue weighted by Crippen LogP contribution is -2.24. The van der Waals surface area contributed by atoms with Crippen LogP contribution in [0.25, 0.3) is 11.1 Å². The highest BCUT2D eigenvalue weighted by Gasteiger charge is 2.29. The molecule has 0 spiro atoms. The number of carbonyl (C=O) groups excluding carboxylic acids is 3. The molecule has 1 amide bonds. The summed E-state index contributed by atoms with van der Waals surface area (Å²) < 4.78 is 5.19. The zero-order valence-corrected chi connectivity index (χ0v) is 17.5. The smallest absolute Gasteiger partial charge is 0.340 e. The zero-order chi connectivity index (χ0) is 21.8. The molecule has 1 aromatic heterocycles. The summed E-state index contributed by atoms with van der Waals surface area (Å²) in [4.78, 5) is 41.3. The Morgan fingerprint density at radius 3 is 2.30 bits per heavy atom. The number of nitrogens with one attached hydrogen (secondary N) is 2. The molecule has 0 radical (unpaired) electrons. The SMILES string of the molecule is CCOC(=O)c1c(C)[nH]c(C(=O)C(=O)Nc2cccc(C)c2)c1-c1ccc(C)cc1. The number of carbonyl (C=O) groups is 3. The standard InChI is InChI=1S/C24H24N2O4/c1-5-30-24(29)19-16(4)25-21(20(19)17-11-9-14(2)10-12-17)22(27)23(28)26-18-8-6-7-15(3)13-18/h6-13,25H,5H2,1-4H3,(H,26,28). The second-order valence-corrected chi connectivity index (χ2v) is 7.11. The number of benzene rings is 2. The van der Waals surface area contributed by atoms with Crippen LogP contribution < -0.4 is 5.32 Å². The summed E-state index contributed by atoms with van der Waals surface area (Å²) in [5.41, 5.74) is 4.33. The molecule has 6 nitrogen and oxygen atoms in total. The molecule has 0 unspecified atom stereocenters. The van der Waals surface area contributed by atoms with Crippen LogP contribution in [0.1, 0.15) is 44.6 Å². The Morgan fingerprint density at radius 1 is 0.967 bits per heavy atom. The van der Waals surface area contributed by atoms with Crippen LogP contribution in [0.3, 0.4) is 0 Å². The molecule has 1 heterocycles. The van der Waals surface area contributed by atoms with Crippen molar-refractivity contribution in [1.82, 2.24) is 4.98 Å². The number of H-pyrrole nitrogens is 1. The number of ether oxygens (including phenoxy) is 1. The van der Waals surface area contributed by atoms with Gasteiger partial charge in [0.2, 0.25) is 0 Å². The second-order valence-electron chi connectivity index (χ2n) is 7.11. The Hall–Kier alpha value is -3.67. The first-order valence-electron chi connectivity index (χ1n) is 9.71. The van der Waals surface area contributed by atoms with Gasteiger partial charge in [-0.2, -0.15) is 0 Å². The van der Waals surface area contributed by atoms with Gasteiger partial charge in [0.25, 0.3) is 11.7 Å². The van der Waals surface area contributed by atoms with Gasteiger partial charge in [0.15, 0.2) is 0 Å². The van der Waals surface area contributed by atoms with Crippen LogP contribution in [0.2, 0.25) is 0 Å². The molecule has 0 fully saturated rings. The quantitative estimate of drug-likeness (QED) is 0.357. The topological polar surface area (TPSA) is 88.3 Å². The normalized spacial score (nSPS) is 10.5.